The van der Waals surface area contributed by atoms with Crippen LogP contribution >= 0.6 is 0 Å². The molecule has 0 radical (unpaired) electrons. The maximum atomic E-state index is 12.6. The molecule has 2 heterocycles. The minimum absolute atomic E-state index is 0.00185. The average Bonchev–Trinajstić information content (AvgIpc) is 3.15. The van der Waals surface area contributed by atoms with E-state index in [0.29, 0.717) is 17.7 Å². The minimum atomic E-state index is -4.46. The molecular weight excluding hydrogens is 323 g/mol. The van der Waals surface area contributed by atoms with Gasteiger partial charge in [0.15, 0.2) is 5.69 Å². The summed E-state index contributed by atoms with van der Waals surface area (Å²) in [6, 6.07) is 7.73. The highest BCUT2D eigenvalue weighted by molar-refractivity contribution is 5.94. The number of nitrogens with zero attached hydrogens (tertiary/aromatic N) is 3. The lowest BCUT2D eigenvalue weighted by Crippen LogP contribution is -2.29. The van der Waals surface area contributed by atoms with Crippen molar-refractivity contribution in [2.75, 3.05) is 13.3 Å². The van der Waals surface area contributed by atoms with Gasteiger partial charge in [-0.2, -0.15) is 18.3 Å². The van der Waals surface area contributed by atoms with E-state index in [1.54, 1.807) is 29.2 Å². The van der Waals surface area contributed by atoms with Crippen LogP contribution in [0.1, 0.15) is 28.5 Å². The second-order valence-corrected chi connectivity index (χ2v) is 5.73. The van der Waals surface area contributed by atoms with Gasteiger partial charge in [0.05, 0.1) is 12.6 Å². The Balaban J connectivity index is 1.73. The minimum Gasteiger partial charge on any atom is -0.356 e. The molecule has 2 aromatic rings. The summed E-state index contributed by atoms with van der Waals surface area (Å²) >= 11 is 0. The highest BCUT2D eigenvalue weighted by atomic mass is 19.4. The summed E-state index contributed by atoms with van der Waals surface area (Å²) in [6.07, 6.45) is -3.19. The van der Waals surface area contributed by atoms with Crippen LogP contribution in [0.25, 0.3) is 0 Å². The van der Waals surface area contributed by atoms with Gasteiger partial charge in [0.2, 0.25) is 0 Å². The Bertz CT molecular complexity index is 742. The summed E-state index contributed by atoms with van der Waals surface area (Å²) in [5, 5.41) is 3.52. The van der Waals surface area contributed by atoms with Crippen LogP contribution in [0.5, 0.6) is 0 Å². The molecule has 1 fully saturated rings. The Morgan fingerprint density at radius 1 is 1.38 bits per heavy atom. The lowest BCUT2D eigenvalue weighted by molar-refractivity contribution is -0.141. The van der Waals surface area contributed by atoms with Gasteiger partial charge in [-0.25, -0.2) is 0 Å². The monoisotopic (exact) mass is 339 g/mol. The standard InChI is InChI=1S/C16H16F3N3O2/c1-11-8-21(10-24-11)15(23)13-4-2-3-12(7-13)9-22-6-5-14(20-22)16(17,18)19/h2-7,11H,8-10H2,1H3/t11-/m1/s1. The number of aromatic nitrogens is 2. The van der Waals surface area contributed by atoms with Crippen molar-refractivity contribution in [3.05, 3.63) is 53.3 Å². The van der Waals surface area contributed by atoms with Gasteiger partial charge in [-0.3, -0.25) is 9.48 Å². The highest BCUT2D eigenvalue weighted by Gasteiger charge is 2.33. The van der Waals surface area contributed by atoms with E-state index in [0.717, 1.165) is 6.07 Å². The van der Waals surface area contributed by atoms with Crippen LogP contribution in [0.2, 0.25) is 0 Å². The Morgan fingerprint density at radius 2 is 2.17 bits per heavy atom. The largest absolute Gasteiger partial charge is 0.435 e. The fourth-order valence-electron chi connectivity index (χ4n) is 2.55. The van der Waals surface area contributed by atoms with Crippen LogP contribution in [0.15, 0.2) is 36.5 Å². The number of amides is 1. The van der Waals surface area contributed by atoms with E-state index < -0.39 is 11.9 Å². The zero-order valence-electron chi connectivity index (χ0n) is 13.0. The second kappa shape index (κ2) is 6.27. The van der Waals surface area contributed by atoms with Gasteiger partial charge in [-0.15, -0.1) is 0 Å². The van der Waals surface area contributed by atoms with E-state index in [1.165, 1.54) is 10.9 Å². The molecular formula is C16H16F3N3O2. The van der Waals surface area contributed by atoms with Crippen LogP contribution in [-0.2, 0) is 17.5 Å². The number of hydrogen-bond acceptors (Lipinski definition) is 3. The predicted molar refractivity (Wildman–Crippen MR) is 79.2 cm³/mol. The molecule has 1 aromatic heterocycles. The van der Waals surface area contributed by atoms with E-state index in [1.807, 2.05) is 6.92 Å². The maximum absolute atomic E-state index is 12.6. The molecule has 0 bridgehead atoms. The third-order valence-electron chi connectivity index (χ3n) is 3.73. The summed E-state index contributed by atoms with van der Waals surface area (Å²) in [5.74, 6) is -0.155. The Morgan fingerprint density at radius 3 is 2.79 bits per heavy atom. The quantitative estimate of drug-likeness (QED) is 0.864. The van der Waals surface area contributed by atoms with Crippen LogP contribution in [0.4, 0.5) is 13.2 Å². The van der Waals surface area contributed by atoms with Gasteiger partial charge >= 0.3 is 6.18 Å². The van der Waals surface area contributed by atoms with Crippen LogP contribution < -0.4 is 0 Å². The number of benzene rings is 1. The third-order valence-corrected chi connectivity index (χ3v) is 3.73. The first kappa shape index (κ1) is 16.5. The normalized spacial score (nSPS) is 18.2. The number of hydrogen-bond donors (Lipinski definition) is 0. The molecule has 5 nitrogen and oxygen atoms in total. The topological polar surface area (TPSA) is 47.4 Å². The number of carbonyl (C=O) groups excluding carboxylic acids is 1. The number of carbonyl (C=O) groups is 1. The molecule has 1 aromatic carbocycles. The van der Waals surface area contributed by atoms with E-state index in [9.17, 15) is 18.0 Å². The number of ether oxygens (including phenoxy) is 1. The molecule has 0 N–H and O–H groups in total. The second-order valence-electron chi connectivity index (χ2n) is 5.73. The predicted octanol–water partition coefficient (Wildman–Crippen LogP) is 2.77. The SMILES string of the molecule is C[C@@H]1CN(C(=O)c2cccc(Cn3ccc(C(F)(F)F)n3)c2)CO1. The lowest BCUT2D eigenvalue weighted by atomic mass is 10.1. The first-order valence-corrected chi connectivity index (χ1v) is 7.43. The van der Waals surface area contributed by atoms with Crippen LogP contribution in [0.3, 0.4) is 0 Å². The van der Waals surface area contributed by atoms with Crippen molar-refractivity contribution in [2.24, 2.45) is 0 Å². The zero-order valence-corrected chi connectivity index (χ0v) is 13.0. The van der Waals surface area contributed by atoms with Gasteiger partial charge in [0, 0.05) is 18.3 Å². The Kier molecular flexibility index (Phi) is 4.31. The van der Waals surface area contributed by atoms with Gasteiger partial charge in [0.25, 0.3) is 5.91 Å². The average molecular weight is 339 g/mol. The molecule has 0 unspecified atom stereocenters. The maximum Gasteiger partial charge on any atom is 0.435 e. The molecule has 0 aliphatic carbocycles. The van der Waals surface area contributed by atoms with Gasteiger partial charge < -0.3 is 9.64 Å². The third kappa shape index (κ3) is 3.59. The number of rotatable bonds is 3. The molecule has 0 saturated carbocycles. The van der Waals surface area contributed by atoms with Crippen molar-refractivity contribution in [1.82, 2.24) is 14.7 Å². The smallest absolute Gasteiger partial charge is 0.356 e. The Hall–Kier alpha value is -2.35. The molecule has 1 aliphatic heterocycles. The van der Waals surface area contributed by atoms with Crippen molar-refractivity contribution >= 4 is 5.91 Å². The van der Waals surface area contributed by atoms with Gasteiger partial charge in [-0.1, -0.05) is 12.1 Å². The fourth-order valence-corrected chi connectivity index (χ4v) is 2.55. The molecule has 1 amide bonds. The molecule has 3 rings (SSSR count). The summed E-state index contributed by atoms with van der Waals surface area (Å²) < 4.78 is 44.3. The van der Waals surface area contributed by atoms with E-state index in [2.05, 4.69) is 5.10 Å². The molecule has 1 aliphatic rings. The molecule has 1 saturated heterocycles. The summed E-state index contributed by atoms with van der Waals surface area (Å²) in [5.41, 5.74) is 0.247. The summed E-state index contributed by atoms with van der Waals surface area (Å²) in [7, 11) is 0. The van der Waals surface area contributed by atoms with Crippen LogP contribution in [-0.4, -0.2) is 40.0 Å². The van der Waals surface area contributed by atoms with Crippen molar-refractivity contribution < 1.29 is 22.7 Å². The highest BCUT2D eigenvalue weighted by Crippen LogP contribution is 2.27. The van der Waals surface area contributed by atoms with E-state index in [4.69, 9.17) is 4.74 Å². The molecule has 1 atom stereocenters. The van der Waals surface area contributed by atoms with Gasteiger partial charge in [-0.05, 0) is 30.7 Å². The van der Waals surface area contributed by atoms with Crippen molar-refractivity contribution in [3.63, 3.8) is 0 Å². The zero-order chi connectivity index (χ0) is 17.3. The molecule has 8 heteroatoms. The lowest BCUT2D eigenvalue weighted by Gasteiger charge is -2.14. The molecule has 0 spiro atoms. The first-order valence-electron chi connectivity index (χ1n) is 7.43. The Labute approximate surface area is 136 Å². The number of halogens is 3. The van der Waals surface area contributed by atoms with Crippen molar-refractivity contribution in [2.45, 2.75) is 25.7 Å². The summed E-state index contributed by atoms with van der Waals surface area (Å²) in [4.78, 5) is 14.0. The van der Waals surface area contributed by atoms with E-state index >= 15 is 0 Å². The van der Waals surface area contributed by atoms with Crippen molar-refractivity contribution in [1.29, 1.82) is 0 Å². The molecule has 24 heavy (non-hydrogen) atoms. The fraction of sp³-hybridized carbons (Fsp3) is 0.375. The van der Waals surface area contributed by atoms with Crippen molar-refractivity contribution in [3.8, 4) is 0 Å². The molecule has 128 valence electrons. The van der Waals surface area contributed by atoms with Gasteiger partial charge in [0.1, 0.15) is 6.73 Å². The first-order chi connectivity index (χ1) is 11.3. The van der Waals surface area contributed by atoms with Crippen LogP contribution in [0, 0.1) is 0 Å². The number of alkyl halides is 3. The van der Waals surface area contributed by atoms with E-state index in [-0.39, 0.29) is 25.3 Å². The summed E-state index contributed by atoms with van der Waals surface area (Å²) in [6.45, 7) is 2.82.